The maximum absolute atomic E-state index is 12.0. The maximum Gasteiger partial charge on any atom is 0.356 e. The van der Waals surface area contributed by atoms with Crippen LogP contribution in [0.2, 0.25) is 0 Å². The van der Waals surface area contributed by atoms with Gasteiger partial charge < -0.3 is 19.8 Å². The zero-order valence-corrected chi connectivity index (χ0v) is 15.2. The molecule has 4 rings (SSSR count). The van der Waals surface area contributed by atoms with Crippen LogP contribution in [0.25, 0.3) is 33.1 Å². The number of carbonyl (C=O) groups excluding carboxylic acids is 2. The number of fused-ring (bicyclic) bond motifs is 2. The topological polar surface area (TPSA) is 125 Å². The van der Waals surface area contributed by atoms with Gasteiger partial charge in [0.15, 0.2) is 17.9 Å². The molecule has 9 nitrogen and oxygen atoms in total. The van der Waals surface area contributed by atoms with E-state index in [9.17, 15) is 9.59 Å². The molecule has 4 aromatic rings. The SMILES string of the molecule is COC(=O)c1cc(-c2cn(C)c3ccc(OCC(N)=O)cc23)c2cn[nH]c2n1. The van der Waals surface area contributed by atoms with E-state index in [0.717, 1.165) is 27.4 Å². The molecule has 0 fully saturated rings. The van der Waals surface area contributed by atoms with E-state index in [2.05, 4.69) is 15.2 Å². The first-order valence-electron chi connectivity index (χ1n) is 8.41. The van der Waals surface area contributed by atoms with Crippen molar-refractivity contribution in [3.05, 3.63) is 42.4 Å². The fourth-order valence-electron chi connectivity index (χ4n) is 3.19. The van der Waals surface area contributed by atoms with Crippen molar-refractivity contribution in [1.29, 1.82) is 0 Å². The number of amides is 1. The van der Waals surface area contributed by atoms with Crippen LogP contribution in [0, 0.1) is 0 Å². The Bertz CT molecular complexity index is 1220. The fourth-order valence-corrected chi connectivity index (χ4v) is 3.19. The average Bonchev–Trinajstić information content (AvgIpc) is 3.29. The van der Waals surface area contributed by atoms with E-state index in [1.807, 2.05) is 29.9 Å². The lowest BCUT2D eigenvalue weighted by molar-refractivity contribution is -0.119. The Morgan fingerprint density at radius 2 is 2.04 bits per heavy atom. The van der Waals surface area contributed by atoms with E-state index in [-0.39, 0.29) is 12.3 Å². The minimum atomic E-state index is -0.551. The van der Waals surface area contributed by atoms with E-state index in [1.54, 1.807) is 18.3 Å². The molecular weight excluding hydrogens is 362 g/mol. The third kappa shape index (κ3) is 2.92. The van der Waals surface area contributed by atoms with Gasteiger partial charge in [0.05, 0.1) is 13.3 Å². The molecule has 3 N–H and O–H groups in total. The molecule has 3 aromatic heterocycles. The molecule has 3 heterocycles. The van der Waals surface area contributed by atoms with Gasteiger partial charge in [-0.1, -0.05) is 0 Å². The molecular formula is C19H17N5O4. The number of benzene rings is 1. The second-order valence-corrected chi connectivity index (χ2v) is 6.27. The van der Waals surface area contributed by atoms with E-state index in [4.69, 9.17) is 15.2 Å². The maximum atomic E-state index is 12.0. The number of hydrogen-bond donors (Lipinski definition) is 2. The Kier molecular flexibility index (Phi) is 4.19. The molecule has 0 aliphatic heterocycles. The van der Waals surface area contributed by atoms with Gasteiger partial charge in [0.25, 0.3) is 5.91 Å². The van der Waals surface area contributed by atoms with Crippen LogP contribution in [-0.4, -0.2) is 45.3 Å². The molecule has 0 atom stereocenters. The van der Waals surface area contributed by atoms with Crippen molar-refractivity contribution in [2.75, 3.05) is 13.7 Å². The van der Waals surface area contributed by atoms with Gasteiger partial charge in [-0.25, -0.2) is 9.78 Å². The summed E-state index contributed by atoms with van der Waals surface area (Å²) in [6, 6.07) is 7.17. The number of nitrogens with one attached hydrogen (secondary N) is 1. The summed E-state index contributed by atoms with van der Waals surface area (Å²) in [7, 11) is 3.23. The summed E-state index contributed by atoms with van der Waals surface area (Å²) >= 11 is 0. The Balaban J connectivity index is 1.93. The van der Waals surface area contributed by atoms with Crippen molar-refractivity contribution >= 4 is 33.8 Å². The van der Waals surface area contributed by atoms with Crippen molar-refractivity contribution in [2.24, 2.45) is 12.8 Å². The Morgan fingerprint density at radius 1 is 1.21 bits per heavy atom. The lowest BCUT2D eigenvalue weighted by Gasteiger charge is -2.07. The molecule has 1 amide bonds. The predicted molar refractivity (Wildman–Crippen MR) is 102 cm³/mol. The number of rotatable bonds is 5. The average molecular weight is 379 g/mol. The van der Waals surface area contributed by atoms with Gasteiger partial charge in [0, 0.05) is 35.1 Å². The minimum absolute atomic E-state index is 0.174. The molecule has 28 heavy (non-hydrogen) atoms. The highest BCUT2D eigenvalue weighted by Crippen LogP contribution is 2.36. The summed E-state index contributed by atoms with van der Waals surface area (Å²) in [6.45, 7) is -0.207. The van der Waals surface area contributed by atoms with Crippen LogP contribution in [0.15, 0.2) is 36.7 Å². The monoisotopic (exact) mass is 379 g/mol. The van der Waals surface area contributed by atoms with Gasteiger partial charge >= 0.3 is 5.97 Å². The number of aromatic amines is 1. The van der Waals surface area contributed by atoms with E-state index in [1.165, 1.54) is 7.11 Å². The van der Waals surface area contributed by atoms with Gasteiger partial charge in [0.2, 0.25) is 0 Å². The second-order valence-electron chi connectivity index (χ2n) is 6.27. The van der Waals surface area contributed by atoms with Crippen molar-refractivity contribution in [1.82, 2.24) is 19.7 Å². The molecule has 0 unspecified atom stereocenters. The summed E-state index contributed by atoms with van der Waals surface area (Å²) in [4.78, 5) is 27.3. The summed E-state index contributed by atoms with van der Waals surface area (Å²) in [5.74, 6) is -0.571. The van der Waals surface area contributed by atoms with Crippen LogP contribution in [0.5, 0.6) is 5.75 Å². The van der Waals surface area contributed by atoms with Crippen LogP contribution >= 0.6 is 0 Å². The number of esters is 1. The number of pyridine rings is 1. The van der Waals surface area contributed by atoms with Crippen LogP contribution in [0.3, 0.4) is 0 Å². The van der Waals surface area contributed by atoms with Crippen molar-refractivity contribution in [3.63, 3.8) is 0 Å². The molecule has 0 saturated carbocycles. The molecule has 0 aliphatic rings. The summed E-state index contributed by atoms with van der Waals surface area (Å²) in [5, 5.41) is 8.49. The molecule has 0 saturated heterocycles. The van der Waals surface area contributed by atoms with E-state index < -0.39 is 11.9 Å². The number of H-pyrrole nitrogens is 1. The highest BCUT2D eigenvalue weighted by molar-refractivity contribution is 6.06. The summed E-state index contributed by atoms with van der Waals surface area (Å²) in [5.41, 5.74) is 8.40. The zero-order chi connectivity index (χ0) is 19.8. The molecule has 0 radical (unpaired) electrons. The van der Waals surface area contributed by atoms with Crippen LogP contribution in [0.1, 0.15) is 10.5 Å². The largest absolute Gasteiger partial charge is 0.484 e. The predicted octanol–water partition coefficient (Wildman–Crippen LogP) is 1.77. The van der Waals surface area contributed by atoms with Gasteiger partial charge in [-0.15, -0.1) is 0 Å². The number of ether oxygens (including phenoxy) is 2. The Morgan fingerprint density at radius 3 is 2.79 bits per heavy atom. The highest BCUT2D eigenvalue weighted by atomic mass is 16.5. The Hall–Kier alpha value is -3.88. The number of methoxy groups -OCH3 is 1. The quantitative estimate of drug-likeness (QED) is 0.509. The van der Waals surface area contributed by atoms with Crippen molar-refractivity contribution in [3.8, 4) is 16.9 Å². The number of primary amides is 1. The number of aryl methyl sites for hydroxylation is 1. The molecule has 0 bridgehead atoms. The lowest BCUT2D eigenvalue weighted by Crippen LogP contribution is -2.19. The molecule has 142 valence electrons. The smallest absolute Gasteiger partial charge is 0.356 e. The number of nitrogens with zero attached hydrogens (tertiary/aromatic N) is 3. The first-order chi connectivity index (χ1) is 13.5. The van der Waals surface area contributed by atoms with Gasteiger partial charge in [-0.3, -0.25) is 9.89 Å². The molecule has 0 spiro atoms. The third-order valence-electron chi connectivity index (χ3n) is 4.45. The van der Waals surface area contributed by atoms with Crippen LogP contribution in [-0.2, 0) is 16.6 Å². The first kappa shape index (κ1) is 17.5. The second kappa shape index (κ2) is 6.69. The van der Waals surface area contributed by atoms with Gasteiger partial charge in [-0.2, -0.15) is 5.10 Å². The van der Waals surface area contributed by atoms with Crippen LogP contribution < -0.4 is 10.5 Å². The first-order valence-corrected chi connectivity index (χ1v) is 8.41. The highest BCUT2D eigenvalue weighted by Gasteiger charge is 2.18. The van der Waals surface area contributed by atoms with Crippen molar-refractivity contribution < 1.29 is 19.1 Å². The van der Waals surface area contributed by atoms with Gasteiger partial charge in [-0.05, 0) is 29.8 Å². The number of carbonyl (C=O) groups is 2. The van der Waals surface area contributed by atoms with E-state index >= 15 is 0 Å². The lowest BCUT2D eigenvalue weighted by atomic mass is 10.0. The number of nitrogens with two attached hydrogens (primary N) is 1. The third-order valence-corrected chi connectivity index (χ3v) is 4.45. The van der Waals surface area contributed by atoms with Crippen molar-refractivity contribution in [2.45, 2.75) is 0 Å². The zero-order valence-electron chi connectivity index (χ0n) is 15.2. The minimum Gasteiger partial charge on any atom is -0.484 e. The summed E-state index contributed by atoms with van der Waals surface area (Å²) in [6.07, 6.45) is 3.61. The normalized spacial score (nSPS) is 11.1. The fraction of sp³-hybridized carbons (Fsp3) is 0.158. The molecule has 1 aromatic carbocycles. The number of aromatic nitrogens is 4. The van der Waals surface area contributed by atoms with Crippen LogP contribution in [0.4, 0.5) is 0 Å². The van der Waals surface area contributed by atoms with Gasteiger partial charge in [0.1, 0.15) is 5.75 Å². The summed E-state index contributed by atoms with van der Waals surface area (Å²) < 4.78 is 12.2. The molecule has 9 heteroatoms. The standard InChI is InChI=1S/C19H17N5O4/c1-24-8-14(12-5-10(3-4-16(12)24)28-9-17(20)25)11-6-15(19(26)27-2)22-18-13(11)7-21-23-18/h3-8H,9H2,1-2H3,(H2,20,25)(H,21,22,23). The van der Waals surface area contributed by atoms with E-state index in [0.29, 0.717) is 11.4 Å². The molecule has 0 aliphatic carbocycles. The Labute approximate surface area is 159 Å². The number of hydrogen-bond acceptors (Lipinski definition) is 6.